The number of benzene rings is 2. The molecule has 0 amide bonds. The Labute approximate surface area is 141 Å². The van der Waals surface area contributed by atoms with Crippen molar-refractivity contribution in [1.82, 2.24) is 14.8 Å². The zero-order valence-electron chi connectivity index (χ0n) is 11.6. The number of aromatic nitrogens is 3. The van der Waals surface area contributed by atoms with E-state index in [0.717, 1.165) is 15.6 Å². The van der Waals surface area contributed by atoms with Crippen molar-refractivity contribution in [2.45, 2.75) is 6.54 Å². The summed E-state index contributed by atoms with van der Waals surface area (Å²) >= 11 is 9.45. The normalized spacial score (nSPS) is 10.9. The van der Waals surface area contributed by atoms with Gasteiger partial charge in [-0.15, -0.1) is 0 Å². The van der Waals surface area contributed by atoms with Crippen LogP contribution >= 0.6 is 27.5 Å². The van der Waals surface area contributed by atoms with Gasteiger partial charge in [0, 0.05) is 20.6 Å². The van der Waals surface area contributed by atoms with Gasteiger partial charge in [-0.05, 0) is 30.3 Å². The number of halogens is 2. The summed E-state index contributed by atoms with van der Waals surface area (Å²) in [4.78, 5) is 4.63. The highest BCUT2D eigenvalue weighted by Gasteiger charge is 2.15. The Morgan fingerprint density at radius 1 is 1.09 bits per heavy atom. The lowest BCUT2D eigenvalue weighted by Gasteiger charge is -2.05. The summed E-state index contributed by atoms with van der Waals surface area (Å²) in [7, 11) is 0. The number of hydrogen-bond acceptors (Lipinski definition) is 3. The standard InChI is InChI=1S/C16H13BrClN3O/c17-14-4-2-1-3-13(14)16-19-15(20-21(16)9-10-22)11-5-7-12(18)8-6-11/h1-8,22H,9-10H2. The van der Waals surface area contributed by atoms with Crippen LogP contribution in [-0.4, -0.2) is 26.5 Å². The van der Waals surface area contributed by atoms with Gasteiger partial charge in [-0.25, -0.2) is 9.67 Å². The van der Waals surface area contributed by atoms with Gasteiger partial charge >= 0.3 is 0 Å². The maximum absolute atomic E-state index is 9.26. The van der Waals surface area contributed by atoms with Crippen LogP contribution in [0.4, 0.5) is 0 Å². The Bertz CT molecular complexity index is 786. The first-order valence-corrected chi connectivity index (χ1v) is 7.92. The molecular weight excluding hydrogens is 366 g/mol. The fourth-order valence-corrected chi connectivity index (χ4v) is 2.74. The molecule has 3 rings (SSSR count). The largest absolute Gasteiger partial charge is 0.394 e. The minimum absolute atomic E-state index is 0.000864. The van der Waals surface area contributed by atoms with Crippen LogP contribution < -0.4 is 0 Å². The number of nitrogens with zero attached hydrogens (tertiary/aromatic N) is 3. The van der Waals surface area contributed by atoms with Crippen LogP contribution in [0.1, 0.15) is 0 Å². The third-order valence-electron chi connectivity index (χ3n) is 3.20. The summed E-state index contributed by atoms with van der Waals surface area (Å²) in [5, 5.41) is 14.4. The first kappa shape index (κ1) is 15.2. The molecule has 1 N–H and O–H groups in total. The Morgan fingerprint density at radius 3 is 2.50 bits per heavy atom. The van der Waals surface area contributed by atoms with E-state index in [1.165, 1.54) is 0 Å². The van der Waals surface area contributed by atoms with Crippen LogP contribution in [0.3, 0.4) is 0 Å². The molecule has 0 atom stereocenters. The molecule has 2 aromatic carbocycles. The van der Waals surface area contributed by atoms with Crippen molar-refractivity contribution in [2.75, 3.05) is 6.61 Å². The molecule has 0 aliphatic rings. The Morgan fingerprint density at radius 2 is 1.82 bits per heavy atom. The summed E-state index contributed by atoms with van der Waals surface area (Å²) in [6, 6.07) is 15.2. The number of rotatable bonds is 4. The topological polar surface area (TPSA) is 50.9 Å². The predicted octanol–water partition coefficient (Wildman–Crippen LogP) is 4.02. The van der Waals surface area contributed by atoms with Crippen LogP contribution in [0.5, 0.6) is 0 Å². The fourth-order valence-electron chi connectivity index (χ4n) is 2.16. The highest BCUT2D eigenvalue weighted by atomic mass is 79.9. The average molecular weight is 379 g/mol. The molecule has 0 unspecified atom stereocenters. The van der Waals surface area contributed by atoms with Crippen molar-refractivity contribution < 1.29 is 5.11 Å². The lowest BCUT2D eigenvalue weighted by Crippen LogP contribution is -2.06. The van der Waals surface area contributed by atoms with Crippen molar-refractivity contribution in [3.8, 4) is 22.8 Å². The van der Waals surface area contributed by atoms with Gasteiger partial charge in [0.1, 0.15) is 0 Å². The van der Waals surface area contributed by atoms with Crippen molar-refractivity contribution in [2.24, 2.45) is 0 Å². The molecule has 3 aromatic rings. The van der Waals surface area contributed by atoms with E-state index < -0.39 is 0 Å². The predicted molar refractivity (Wildman–Crippen MR) is 90.7 cm³/mol. The summed E-state index contributed by atoms with van der Waals surface area (Å²) in [6.07, 6.45) is 0. The maximum Gasteiger partial charge on any atom is 0.181 e. The molecule has 0 saturated carbocycles. The molecule has 22 heavy (non-hydrogen) atoms. The lowest BCUT2D eigenvalue weighted by atomic mass is 10.2. The van der Waals surface area contributed by atoms with Crippen molar-refractivity contribution >= 4 is 27.5 Å². The van der Waals surface area contributed by atoms with Crippen LogP contribution in [-0.2, 0) is 6.54 Å². The molecule has 6 heteroatoms. The van der Waals surface area contributed by atoms with Gasteiger partial charge in [0.2, 0.25) is 0 Å². The first-order chi connectivity index (χ1) is 10.7. The van der Waals surface area contributed by atoms with Gasteiger partial charge in [0.15, 0.2) is 11.6 Å². The van der Waals surface area contributed by atoms with E-state index in [9.17, 15) is 5.11 Å². The minimum atomic E-state index is 0.000864. The molecule has 0 aliphatic carbocycles. The van der Waals surface area contributed by atoms with Crippen LogP contribution in [0.15, 0.2) is 53.0 Å². The monoisotopic (exact) mass is 377 g/mol. The van der Waals surface area contributed by atoms with Crippen molar-refractivity contribution in [3.63, 3.8) is 0 Å². The fraction of sp³-hybridized carbons (Fsp3) is 0.125. The smallest absolute Gasteiger partial charge is 0.181 e. The number of aliphatic hydroxyl groups excluding tert-OH is 1. The highest BCUT2D eigenvalue weighted by Crippen LogP contribution is 2.28. The van der Waals surface area contributed by atoms with E-state index in [4.69, 9.17) is 11.6 Å². The average Bonchev–Trinajstić information content (AvgIpc) is 2.93. The lowest BCUT2D eigenvalue weighted by molar-refractivity contribution is 0.270. The molecule has 0 bridgehead atoms. The molecular formula is C16H13BrClN3O. The van der Waals surface area contributed by atoms with Crippen molar-refractivity contribution in [3.05, 3.63) is 58.0 Å². The molecule has 0 spiro atoms. The molecule has 112 valence electrons. The van der Waals surface area contributed by atoms with Crippen LogP contribution in [0, 0.1) is 0 Å². The summed E-state index contributed by atoms with van der Waals surface area (Å²) in [5.74, 6) is 1.32. The Hall–Kier alpha value is -1.69. The van der Waals surface area contributed by atoms with E-state index in [2.05, 4.69) is 26.0 Å². The Balaban J connectivity index is 2.10. The summed E-state index contributed by atoms with van der Waals surface area (Å²) in [6.45, 7) is 0.387. The summed E-state index contributed by atoms with van der Waals surface area (Å²) < 4.78 is 2.65. The quantitative estimate of drug-likeness (QED) is 0.746. The van der Waals surface area contributed by atoms with Gasteiger partial charge in [-0.1, -0.05) is 45.7 Å². The van der Waals surface area contributed by atoms with Gasteiger partial charge in [0.25, 0.3) is 0 Å². The van der Waals surface area contributed by atoms with E-state index in [0.29, 0.717) is 23.2 Å². The third kappa shape index (κ3) is 3.06. The second-order valence-corrected chi connectivity index (χ2v) is 5.98. The van der Waals surface area contributed by atoms with E-state index in [1.807, 2.05) is 48.5 Å². The SMILES string of the molecule is OCCn1nc(-c2ccc(Cl)cc2)nc1-c1ccccc1Br. The van der Waals surface area contributed by atoms with Gasteiger partial charge in [-0.3, -0.25) is 0 Å². The molecule has 0 fully saturated rings. The molecule has 1 heterocycles. The van der Waals surface area contributed by atoms with E-state index in [-0.39, 0.29) is 6.61 Å². The Kier molecular flexibility index (Phi) is 4.57. The van der Waals surface area contributed by atoms with Gasteiger partial charge in [0.05, 0.1) is 13.2 Å². The zero-order chi connectivity index (χ0) is 15.5. The van der Waals surface area contributed by atoms with Crippen molar-refractivity contribution in [1.29, 1.82) is 0 Å². The third-order valence-corrected chi connectivity index (χ3v) is 4.14. The van der Waals surface area contributed by atoms with Crippen LogP contribution in [0.2, 0.25) is 5.02 Å². The second kappa shape index (κ2) is 6.60. The van der Waals surface area contributed by atoms with E-state index in [1.54, 1.807) is 4.68 Å². The molecule has 4 nitrogen and oxygen atoms in total. The van der Waals surface area contributed by atoms with Gasteiger partial charge in [-0.2, -0.15) is 5.10 Å². The maximum atomic E-state index is 9.26. The molecule has 0 aliphatic heterocycles. The molecule has 0 radical (unpaired) electrons. The summed E-state index contributed by atoms with van der Waals surface area (Å²) in [5.41, 5.74) is 1.82. The molecule has 1 aromatic heterocycles. The number of hydrogen-bond donors (Lipinski definition) is 1. The molecule has 0 saturated heterocycles. The second-order valence-electron chi connectivity index (χ2n) is 4.69. The number of aliphatic hydroxyl groups is 1. The zero-order valence-corrected chi connectivity index (χ0v) is 13.9. The highest BCUT2D eigenvalue weighted by molar-refractivity contribution is 9.10. The minimum Gasteiger partial charge on any atom is -0.394 e. The van der Waals surface area contributed by atoms with Crippen LogP contribution in [0.25, 0.3) is 22.8 Å². The van der Waals surface area contributed by atoms with E-state index >= 15 is 0 Å². The first-order valence-electron chi connectivity index (χ1n) is 6.75. The van der Waals surface area contributed by atoms with Gasteiger partial charge < -0.3 is 5.11 Å².